The van der Waals surface area contributed by atoms with Crippen molar-refractivity contribution >= 4 is 33.4 Å². The van der Waals surface area contributed by atoms with Gasteiger partial charge in [0.05, 0.1) is 13.2 Å². The fourth-order valence-electron chi connectivity index (χ4n) is 3.74. The van der Waals surface area contributed by atoms with Crippen molar-refractivity contribution in [2.75, 3.05) is 33.8 Å². The van der Waals surface area contributed by atoms with Crippen LogP contribution in [0.5, 0.6) is 0 Å². The van der Waals surface area contributed by atoms with Gasteiger partial charge in [-0.05, 0) is 30.2 Å². The van der Waals surface area contributed by atoms with Crippen molar-refractivity contribution in [3.05, 3.63) is 64.4 Å². The molecule has 0 unspecified atom stereocenters. The molecule has 1 aliphatic heterocycles. The molecule has 0 N–H and O–H groups in total. The molecule has 4 rings (SSSR count). The second-order valence-electron chi connectivity index (χ2n) is 7.73. The number of hydrogen-bond acceptors (Lipinski definition) is 5. The summed E-state index contributed by atoms with van der Waals surface area (Å²) in [6.45, 7) is 1.30. The lowest BCUT2D eigenvalue weighted by Gasteiger charge is -2.33. The number of ether oxygens (including phenoxy) is 1. The van der Waals surface area contributed by atoms with Crippen molar-refractivity contribution in [2.24, 2.45) is 0 Å². The number of aryl methyl sites for hydroxylation is 1. The number of hydrogen-bond donors (Lipinski definition) is 0. The minimum Gasteiger partial charge on any atom is -0.370 e. The maximum Gasteiger partial charge on any atom is 0.263 e. The van der Waals surface area contributed by atoms with Gasteiger partial charge in [0, 0.05) is 44.2 Å². The number of benzene rings is 1. The highest BCUT2D eigenvalue weighted by Gasteiger charge is 2.32. The molecule has 2 amide bonds. The van der Waals surface area contributed by atoms with Crippen molar-refractivity contribution in [2.45, 2.75) is 18.9 Å². The van der Waals surface area contributed by atoms with Crippen LogP contribution in [0.3, 0.4) is 0 Å². The fraction of sp³-hybridized carbons (Fsp3) is 0.348. The molecule has 6 nitrogen and oxygen atoms in total. The van der Waals surface area contributed by atoms with Gasteiger partial charge < -0.3 is 14.5 Å². The van der Waals surface area contributed by atoms with Crippen LogP contribution in [0.2, 0.25) is 0 Å². The maximum atomic E-state index is 13.1. The van der Waals surface area contributed by atoms with Gasteiger partial charge in [0.15, 0.2) is 0 Å². The van der Waals surface area contributed by atoms with E-state index in [2.05, 4.69) is 4.98 Å². The van der Waals surface area contributed by atoms with E-state index in [1.54, 1.807) is 42.2 Å². The zero-order valence-corrected chi connectivity index (χ0v) is 18.3. The average molecular weight is 442 g/mol. The number of nitrogens with zero attached hydrogens (tertiary/aromatic N) is 3. The van der Waals surface area contributed by atoms with Crippen LogP contribution in [-0.2, 0) is 16.0 Å². The number of aromatic nitrogens is 1. The van der Waals surface area contributed by atoms with Gasteiger partial charge in [-0.2, -0.15) is 0 Å². The van der Waals surface area contributed by atoms with Gasteiger partial charge in [-0.1, -0.05) is 18.2 Å². The summed E-state index contributed by atoms with van der Waals surface area (Å²) in [6.07, 6.45) is 2.21. The third-order valence-electron chi connectivity index (χ3n) is 5.39. The van der Waals surface area contributed by atoms with E-state index in [1.165, 1.54) is 23.5 Å². The molecule has 3 aromatic rings. The standard InChI is InChI=1S/C23H24FN3O3S/c1-26(2)23(29)21-20(17-4-3-11-25-22(17)31-21)18-14-27(12-13-30-18)19(28)10-7-15-5-8-16(24)9-6-15/h3-6,8-9,11,18H,7,10,12-14H2,1-2H3/t18-/m1/s1. The van der Waals surface area contributed by atoms with Crippen molar-refractivity contribution < 1.29 is 18.7 Å². The largest absolute Gasteiger partial charge is 0.370 e. The number of carbonyl (C=O) groups is 2. The van der Waals surface area contributed by atoms with E-state index in [1.807, 2.05) is 12.1 Å². The average Bonchev–Trinajstić information content (AvgIpc) is 3.17. The number of rotatable bonds is 5. The first-order valence-electron chi connectivity index (χ1n) is 10.2. The first-order chi connectivity index (χ1) is 14.9. The predicted molar refractivity (Wildman–Crippen MR) is 118 cm³/mol. The Balaban J connectivity index is 1.53. The first kappa shape index (κ1) is 21.4. The smallest absolute Gasteiger partial charge is 0.263 e. The summed E-state index contributed by atoms with van der Waals surface area (Å²) in [5.74, 6) is -0.358. The van der Waals surface area contributed by atoms with E-state index in [0.717, 1.165) is 21.3 Å². The van der Waals surface area contributed by atoms with Gasteiger partial charge in [-0.25, -0.2) is 9.37 Å². The Bertz CT molecular complexity index is 1100. The molecule has 1 aromatic carbocycles. The van der Waals surface area contributed by atoms with E-state index in [9.17, 15) is 14.0 Å². The molecule has 8 heteroatoms. The molecule has 1 atom stereocenters. The van der Waals surface area contributed by atoms with Crippen molar-refractivity contribution in [1.82, 2.24) is 14.8 Å². The van der Waals surface area contributed by atoms with Gasteiger partial charge in [0.1, 0.15) is 21.6 Å². The molecule has 0 bridgehead atoms. The molecule has 0 aliphatic carbocycles. The van der Waals surface area contributed by atoms with Crippen molar-refractivity contribution in [3.63, 3.8) is 0 Å². The molecule has 0 radical (unpaired) electrons. The lowest BCUT2D eigenvalue weighted by atomic mass is 10.0. The predicted octanol–water partition coefficient (Wildman–Crippen LogP) is 3.67. The lowest BCUT2D eigenvalue weighted by Crippen LogP contribution is -2.42. The Morgan fingerprint density at radius 1 is 1.26 bits per heavy atom. The molecule has 2 aromatic heterocycles. The molecule has 0 saturated carbocycles. The normalized spacial score (nSPS) is 16.5. The number of halogens is 1. The summed E-state index contributed by atoms with van der Waals surface area (Å²) in [4.78, 5) is 34.8. The minimum atomic E-state index is -0.389. The summed E-state index contributed by atoms with van der Waals surface area (Å²) in [6, 6.07) is 10.0. The van der Waals surface area contributed by atoms with E-state index < -0.39 is 0 Å². The summed E-state index contributed by atoms with van der Waals surface area (Å²) in [5, 5.41) is 0.892. The highest BCUT2D eigenvalue weighted by Crippen LogP contribution is 2.37. The van der Waals surface area contributed by atoms with Crippen LogP contribution >= 0.6 is 11.3 Å². The lowest BCUT2D eigenvalue weighted by molar-refractivity contribution is -0.138. The number of fused-ring (bicyclic) bond motifs is 1. The Morgan fingerprint density at radius 2 is 2.03 bits per heavy atom. The molecular formula is C23H24FN3O3S. The highest BCUT2D eigenvalue weighted by molar-refractivity contribution is 7.20. The topological polar surface area (TPSA) is 62.7 Å². The van der Waals surface area contributed by atoms with Crippen LogP contribution in [-0.4, -0.2) is 60.4 Å². The van der Waals surface area contributed by atoms with Crippen LogP contribution in [0.4, 0.5) is 4.39 Å². The second-order valence-corrected chi connectivity index (χ2v) is 8.73. The number of amides is 2. The molecular weight excluding hydrogens is 417 g/mol. The van der Waals surface area contributed by atoms with E-state index in [0.29, 0.717) is 37.4 Å². The van der Waals surface area contributed by atoms with Crippen molar-refractivity contribution in [3.8, 4) is 0 Å². The Kier molecular flexibility index (Phi) is 6.29. The third kappa shape index (κ3) is 4.60. The molecule has 0 spiro atoms. The molecule has 162 valence electrons. The monoisotopic (exact) mass is 441 g/mol. The van der Waals surface area contributed by atoms with Gasteiger partial charge in [-0.15, -0.1) is 11.3 Å². The van der Waals surface area contributed by atoms with Gasteiger partial charge in [-0.3, -0.25) is 9.59 Å². The Hall–Kier alpha value is -2.84. The van der Waals surface area contributed by atoms with Crippen LogP contribution < -0.4 is 0 Å². The third-order valence-corrected chi connectivity index (χ3v) is 6.50. The zero-order chi connectivity index (χ0) is 22.0. The highest BCUT2D eigenvalue weighted by atomic mass is 32.1. The number of morpholine rings is 1. The minimum absolute atomic E-state index is 0.0239. The first-order valence-corrected chi connectivity index (χ1v) is 11.0. The van der Waals surface area contributed by atoms with Gasteiger partial charge in [0.2, 0.25) is 5.91 Å². The molecule has 1 saturated heterocycles. The van der Waals surface area contributed by atoms with E-state index >= 15 is 0 Å². The van der Waals surface area contributed by atoms with Crippen LogP contribution in [0.15, 0.2) is 42.6 Å². The van der Waals surface area contributed by atoms with Crippen LogP contribution in [0.25, 0.3) is 10.2 Å². The molecule has 3 heterocycles. The van der Waals surface area contributed by atoms with Crippen molar-refractivity contribution in [1.29, 1.82) is 0 Å². The van der Waals surface area contributed by atoms with E-state index in [4.69, 9.17) is 4.74 Å². The number of pyridine rings is 1. The summed E-state index contributed by atoms with van der Waals surface area (Å²) in [5.41, 5.74) is 1.73. The van der Waals surface area contributed by atoms with E-state index in [-0.39, 0.29) is 23.7 Å². The molecule has 1 fully saturated rings. The number of carbonyl (C=O) groups excluding carboxylic acids is 2. The summed E-state index contributed by atoms with van der Waals surface area (Å²) >= 11 is 1.36. The summed E-state index contributed by atoms with van der Waals surface area (Å²) < 4.78 is 19.1. The SMILES string of the molecule is CN(C)C(=O)c1sc2ncccc2c1[C@H]1CN(C(=O)CCc2ccc(F)cc2)CCO1. The summed E-state index contributed by atoms with van der Waals surface area (Å²) in [7, 11) is 3.44. The fourth-order valence-corrected chi connectivity index (χ4v) is 4.96. The van der Waals surface area contributed by atoms with Gasteiger partial charge >= 0.3 is 0 Å². The quantitative estimate of drug-likeness (QED) is 0.606. The molecule has 31 heavy (non-hydrogen) atoms. The Morgan fingerprint density at radius 3 is 2.77 bits per heavy atom. The van der Waals surface area contributed by atoms with Gasteiger partial charge in [0.25, 0.3) is 5.91 Å². The Labute approximate surface area is 184 Å². The van der Waals surface area contributed by atoms with Crippen LogP contribution in [0, 0.1) is 5.82 Å². The molecule has 1 aliphatic rings. The number of thiophene rings is 1. The maximum absolute atomic E-state index is 13.1. The van der Waals surface area contributed by atoms with Crippen LogP contribution in [0.1, 0.15) is 33.3 Å². The zero-order valence-electron chi connectivity index (χ0n) is 17.5. The second kappa shape index (κ2) is 9.11.